The van der Waals surface area contributed by atoms with Gasteiger partial charge in [-0.25, -0.2) is 9.37 Å². The van der Waals surface area contributed by atoms with Crippen molar-refractivity contribution in [2.45, 2.75) is 26.4 Å². The van der Waals surface area contributed by atoms with Crippen molar-refractivity contribution in [2.75, 3.05) is 18.0 Å². The lowest BCUT2D eigenvalue weighted by Crippen LogP contribution is -2.28. The molecule has 0 aliphatic carbocycles. The summed E-state index contributed by atoms with van der Waals surface area (Å²) in [6.45, 7) is 6.18. The van der Waals surface area contributed by atoms with E-state index < -0.39 is 0 Å². The maximum atomic E-state index is 13.1. The second kappa shape index (κ2) is 8.23. The Hall–Kier alpha value is -1.54. The number of nitrogens with two attached hydrogens (primary N) is 1. The molecule has 1 amide bonds. The van der Waals surface area contributed by atoms with E-state index in [-0.39, 0.29) is 30.2 Å². The number of anilines is 2. The van der Waals surface area contributed by atoms with Crippen LogP contribution in [0.4, 0.5) is 15.2 Å². The zero-order chi connectivity index (χ0) is 17.3. The summed E-state index contributed by atoms with van der Waals surface area (Å²) in [5.74, 6) is -0.00284. The standard InChI is InChI=1S/C17H21FN4OS.ClH/c1-11-7-21(9-16(11)19)8-14-10-24-17(20-14)22(12(2)23)15-5-3-13(18)4-6-15;/h3-6,10-11,16H,7-9,19H2,1-2H3;1H. The molecule has 2 N–H and O–H groups in total. The van der Waals surface area contributed by atoms with E-state index in [0.717, 1.165) is 25.3 Å². The molecule has 0 saturated carbocycles. The lowest BCUT2D eigenvalue weighted by molar-refractivity contribution is -0.115. The number of hydrogen-bond acceptors (Lipinski definition) is 5. The molecule has 136 valence electrons. The van der Waals surface area contributed by atoms with Gasteiger partial charge in [-0.15, -0.1) is 23.7 Å². The lowest BCUT2D eigenvalue weighted by Gasteiger charge is -2.18. The van der Waals surface area contributed by atoms with Crippen LogP contribution < -0.4 is 10.6 Å². The first kappa shape index (κ1) is 19.8. The minimum Gasteiger partial charge on any atom is -0.326 e. The van der Waals surface area contributed by atoms with Gasteiger partial charge in [-0.2, -0.15) is 0 Å². The maximum Gasteiger partial charge on any atom is 0.230 e. The first-order valence-electron chi connectivity index (χ1n) is 7.92. The fraction of sp³-hybridized carbons (Fsp3) is 0.412. The van der Waals surface area contributed by atoms with E-state index in [2.05, 4.69) is 16.8 Å². The SMILES string of the molecule is CC(=O)N(c1ccc(F)cc1)c1nc(CN2CC(C)C(N)C2)cs1.Cl. The fourth-order valence-electron chi connectivity index (χ4n) is 2.94. The molecule has 3 rings (SSSR count). The third kappa shape index (κ3) is 4.55. The highest BCUT2D eigenvalue weighted by molar-refractivity contribution is 7.14. The molecule has 0 spiro atoms. The number of carbonyl (C=O) groups is 1. The van der Waals surface area contributed by atoms with Gasteiger partial charge in [0.15, 0.2) is 5.13 Å². The Kier molecular flexibility index (Phi) is 6.51. The van der Waals surface area contributed by atoms with Crippen LogP contribution in [0.25, 0.3) is 0 Å². The Morgan fingerprint density at radius 3 is 2.64 bits per heavy atom. The molecule has 2 unspecified atom stereocenters. The number of halogens is 2. The summed E-state index contributed by atoms with van der Waals surface area (Å²) < 4.78 is 13.1. The molecule has 5 nitrogen and oxygen atoms in total. The molecular formula is C17H22ClFN4OS. The van der Waals surface area contributed by atoms with Crippen molar-refractivity contribution in [2.24, 2.45) is 11.7 Å². The quantitative estimate of drug-likeness (QED) is 0.879. The summed E-state index contributed by atoms with van der Waals surface area (Å²) in [7, 11) is 0. The predicted molar refractivity (Wildman–Crippen MR) is 101 cm³/mol. The van der Waals surface area contributed by atoms with Gasteiger partial charge in [0.2, 0.25) is 5.91 Å². The number of rotatable bonds is 4. The average Bonchev–Trinajstić information content (AvgIpc) is 3.09. The second-order valence-electron chi connectivity index (χ2n) is 6.29. The van der Waals surface area contributed by atoms with Crippen molar-refractivity contribution in [3.63, 3.8) is 0 Å². The van der Waals surface area contributed by atoms with E-state index in [1.807, 2.05) is 5.38 Å². The molecule has 1 aromatic heterocycles. The molecule has 1 fully saturated rings. The van der Waals surface area contributed by atoms with Crippen LogP contribution >= 0.6 is 23.7 Å². The Bertz CT molecular complexity index is 714. The monoisotopic (exact) mass is 384 g/mol. The molecule has 2 atom stereocenters. The van der Waals surface area contributed by atoms with Gasteiger partial charge in [-0.05, 0) is 30.2 Å². The van der Waals surface area contributed by atoms with Crippen LogP contribution in [-0.2, 0) is 11.3 Å². The highest BCUT2D eigenvalue weighted by Gasteiger charge is 2.27. The van der Waals surface area contributed by atoms with Crippen LogP contribution in [0.2, 0.25) is 0 Å². The number of amides is 1. The van der Waals surface area contributed by atoms with Gasteiger partial charge >= 0.3 is 0 Å². The molecule has 2 aromatic rings. The summed E-state index contributed by atoms with van der Waals surface area (Å²) >= 11 is 1.41. The Morgan fingerprint density at radius 2 is 2.08 bits per heavy atom. The van der Waals surface area contributed by atoms with E-state index in [1.54, 1.807) is 12.1 Å². The third-order valence-electron chi connectivity index (χ3n) is 4.26. The Balaban J connectivity index is 0.00000225. The number of carbonyl (C=O) groups excluding carboxylic acids is 1. The second-order valence-corrected chi connectivity index (χ2v) is 7.12. The van der Waals surface area contributed by atoms with Crippen molar-refractivity contribution < 1.29 is 9.18 Å². The summed E-state index contributed by atoms with van der Waals surface area (Å²) in [5.41, 5.74) is 7.59. The van der Waals surface area contributed by atoms with Crippen molar-refractivity contribution >= 4 is 40.5 Å². The zero-order valence-corrected chi connectivity index (χ0v) is 15.8. The van der Waals surface area contributed by atoms with Crippen LogP contribution in [0.15, 0.2) is 29.6 Å². The normalized spacial score (nSPS) is 20.3. The number of benzene rings is 1. The zero-order valence-electron chi connectivity index (χ0n) is 14.2. The first-order chi connectivity index (χ1) is 11.4. The summed E-state index contributed by atoms with van der Waals surface area (Å²) in [4.78, 5) is 20.4. The number of aromatic nitrogens is 1. The molecule has 1 aliphatic rings. The van der Waals surface area contributed by atoms with Crippen LogP contribution in [0.1, 0.15) is 19.5 Å². The molecule has 1 aromatic carbocycles. The van der Waals surface area contributed by atoms with E-state index in [0.29, 0.717) is 16.7 Å². The van der Waals surface area contributed by atoms with Gasteiger partial charge in [-0.1, -0.05) is 6.92 Å². The lowest BCUT2D eigenvalue weighted by atomic mass is 10.1. The van der Waals surface area contributed by atoms with Gasteiger partial charge in [0.05, 0.1) is 11.4 Å². The Labute approximate surface area is 157 Å². The summed E-state index contributed by atoms with van der Waals surface area (Å²) in [6, 6.07) is 6.05. The minimum absolute atomic E-state index is 0. The van der Waals surface area contributed by atoms with E-state index >= 15 is 0 Å². The molecule has 1 aliphatic heterocycles. The van der Waals surface area contributed by atoms with Crippen LogP contribution in [0.3, 0.4) is 0 Å². The third-order valence-corrected chi connectivity index (χ3v) is 5.14. The predicted octanol–water partition coefficient (Wildman–Crippen LogP) is 3.17. The van der Waals surface area contributed by atoms with Gasteiger partial charge < -0.3 is 5.73 Å². The van der Waals surface area contributed by atoms with E-state index in [9.17, 15) is 9.18 Å². The largest absolute Gasteiger partial charge is 0.326 e. The van der Waals surface area contributed by atoms with Crippen LogP contribution in [-0.4, -0.2) is 34.9 Å². The molecule has 0 bridgehead atoms. The molecule has 2 heterocycles. The number of likely N-dealkylation sites (tertiary alicyclic amines) is 1. The van der Waals surface area contributed by atoms with Crippen molar-refractivity contribution in [3.05, 3.63) is 41.2 Å². The van der Waals surface area contributed by atoms with Gasteiger partial charge in [0.25, 0.3) is 0 Å². The molecule has 8 heteroatoms. The van der Waals surface area contributed by atoms with Gasteiger partial charge in [0.1, 0.15) is 5.82 Å². The van der Waals surface area contributed by atoms with Gasteiger partial charge in [0, 0.05) is 38.0 Å². The summed E-state index contributed by atoms with van der Waals surface area (Å²) in [6.07, 6.45) is 0. The first-order valence-corrected chi connectivity index (χ1v) is 8.80. The highest BCUT2D eigenvalue weighted by Crippen LogP contribution is 2.30. The van der Waals surface area contributed by atoms with Crippen molar-refractivity contribution in [1.29, 1.82) is 0 Å². The number of nitrogens with zero attached hydrogens (tertiary/aromatic N) is 3. The van der Waals surface area contributed by atoms with Crippen LogP contribution in [0, 0.1) is 11.7 Å². The summed E-state index contributed by atoms with van der Waals surface area (Å²) in [5, 5.41) is 2.56. The maximum absolute atomic E-state index is 13.1. The average molecular weight is 385 g/mol. The van der Waals surface area contributed by atoms with E-state index in [4.69, 9.17) is 5.73 Å². The molecule has 25 heavy (non-hydrogen) atoms. The van der Waals surface area contributed by atoms with Crippen molar-refractivity contribution in [3.8, 4) is 0 Å². The minimum atomic E-state index is -0.332. The molecule has 0 radical (unpaired) electrons. The molecule has 1 saturated heterocycles. The number of thiazole rings is 1. The Morgan fingerprint density at radius 1 is 1.40 bits per heavy atom. The smallest absolute Gasteiger partial charge is 0.230 e. The van der Waals surface area contributed by atoms with Crippen molar-refractivity contribution in [1.82, 2.24) is 9.88 Å². The van der Waals surface area contributed by atoms with Gasteiger partial charge in [-0.3, -0.25) is 14.6 Å². The molecular weight excluding hydrogens is 363 g/mol. The fourth-order valence-corrected chi connectivity index (χ4v) is 3.82. The number of hydrogen-bond donors (Lipinski definition) is 1. The topological polar surface area (TPSA) is 62.5 Å². The highest BCUT2D eigenvalue weighted by atomic mass is 35.5. The van der Waals surface area contributed by atoms with E-state index in [1.165, 1.54) is 35.3 Å². The van der Waals surface area contributed by atoms with Crippen LogP contribution in [0.5, 0.6) is 0 Å².